The van der Waals surface area contributed by atoms with Gasteiger partial charge in [-0.3, -0.25) is 4.79 Å². The Kier molecular flexibility index (Phi) is 4.85. The molecule has 0 spiro atoms. The lowest BCUT2D eigenvalue weighted by molar-refractivity contribution is -0.187. The van der Waals surface area contributed by atoms with Crippen molar-refractivity contribution in [1.82, 2.24) is 0 Å². The highest BCUT2D eigenvalue weighted by Gasteiger charge is 2.68. The van der Waals surface area contributed by atoms with Crippen LogP contribution in [0.2, 0.25) is 0 Å². The van der Waals surface area contributed by atoms with E-state index in [1.54, 1.807) is 0 Å². The lowest BCUT2D eigenvalue weighted by Gasteiger charge is -2.70. The molecule has 3 nitrogen and oxygen atoms in total. The number of aliphatic carboxylic acids is 1. The van der Waals surface area contributed by atoms with E-state index in [9.17, 15) is 15.0 Å². The SMILES string of the molecule is C[C@@H]1C2CCC3(C)C(CC=C4C5[C@@H](C)CCC[C@]5(C(=O)O)CC[C@]43C)C2(C)CC[C@H]1O. The van der Waals surface area contributed by atoms with Gasteiger partial charge in [-0.25, -0.2) is 0 Å². The minimum absolute atomic E-state index is 0.110. The van der Waals surface area contributed by atoms with Crippen LogP contribution in [0.1, 0.15) is 98.8 Å². The molecule has 5 rings (SSSR count). The third kappa shape index (κ3) is 2.59. The summed E-state index contributed by atoms with van der Waals surface area (Å²) in [5.74, 6) is 1.79. The second-order valence-electron chi connectivity index (χ2n) is 13.1. The molecule has 5 unspecified atom stereocenters. The number of carboxylic acid groups (broad SMARTS) is 1. The summed E-state index contributed by atoms with van der Waals surface area (Å²) in [6.07, 6.45) is 13.0. The largest absolute Gasteiger partial charge is 0.481 e. The molecule has 5 aliphatic rings. The molecule has 0 aliphatic heterocycles. The molecule has 2 N–H and O–H groups in total. The molecule has 0 heterocycles. The first-order chi connectivity index (χ1) is 14.5. The molecule has 0 radical (unpaired) electrons. The van der Waals surface area contributed by atoms with Crippen LogP contribution in [0, 0.1) is 51.2 Å². The van der Waals surface area contributed by atoms with Crippen LogP contribution in [0.3, 0.4) is 0 Å². The molecule has 10 atom stereocenters. The van der Waals surface area contributed by atoms with Crippen LogP contribution in [0.5, 0.6) is 0 Å². The number of carbonyl (C=O) groups is 1. The van der Waals surface area contributed by atoms with Crippen LogP contribution in [-0.4, -0.2) is 22.3 Å². The van der Waals surface area contributed by atoms with E-state index >= 15 is 0 Å². The maximum absolute atomic E-state index is 12.7. The van der Waals surface area contributed by atoms with Crippen LogP contribution in [0.4, 0.5) is 0 Å². The second kappa shape index (κ2) is 6.84. The van der Waals surface area contributed by atoms with Gasteiger partial charge < -0.3 is 10.2 Å². The Morgan fingerprint density at radius 1 is 1.00 bits per heavy atom. The molecule has 3 heteroatoms. The number of fused-ring (bicyclic) bond motifs is 7. The molecule has 4 fully saturated rings. The van der Waals surface area contributed by atoms with Gasteiger partial charge in [-0.05, 0) is 97.2 Å². The average molecular weight is 429 g/mol. The van der Waals surface area contributed by atoms with Gasteiger partial charge in [-0.2, -0.15) is 0 Å². The lowest BCUT2D eigenvalue weighted by atomic mass is 9.34. The summed E-state index contributed by atoms with van der Waals surface area (Å²) in [6, 6.07) is 0. The van der Waals surface area contributed by atoms with Gasteiger partial charge in [0.05, 0.1) is 11.5 Å². The van der Waals surface area contributed by atoms with E-state index in [0.717, 1.165) is 44.9 Å². The molecule has 0 aromatic rings. The predicted octanol–water partition coefficient (Wildman–Crippen LogP) is 6.45. The number of hydrogen-bond acceptors (Lipinski definition) is 2. The summed E-state index contributed by atoms with van der Waals surface area (Å²) in [6.45, 7) is 12.2. The van der Waals surface area contributed by atoms with Gasteiger partial charge in [-0.1, -0.05) is 59.1 Å². The van der Waals surface area contributed by atoms with E-state index in [-0.39, 0.29) is 28.3 Å². The molecule has 4 saturated carbocycles. The molecule has 5 aliphatic carbocycles. The number of aliphatic hydroxyl groups excluding tert-OH is 1. The van der Waals surface area contributed by atoms with Gasteiger partial charge in [0.1, 0.15) is 0 Å². The third-order valence-corrected chi connectivity index (χ3v) is 12.4. The Morgan fingerprint density at radius 2 is 1.74 bits per heavy atom. The standard InChI is InChI=1S/C28H44O3/c1-17-7-6-12-28(24(30)31)16-15-26(4)20(23(17)28)8-9-22-25(3)13-11-21(29)18(2)19(25)10-14-27(22,26)5/h8,17-19,21-23,29H,6-7,9-16H2,1-5H3,(H,30,31)/t17-,18+,19?,21+,22?,23?,25?,26+,27?,28-/m0/s1. The molecular weight excluding hydrogens is 384 g/mol. The second-order valence-corrected chi connectivity index (χ2v) is 13.1. The Bertz CT molecular complexity index is 802. The van der Waals surface area contributed by atoms with Crippen molar-refractivity contribution in [3.8, 4) is 0 Å². The highest BCUT2D eigenvalue weighted by Crippen LogP contribution is 2.74. The van der Waals surface area contributed by atoms with Gasteiger partial charge >= 0.3 is 5.97 Å². The number of rotatable bonds is 1. The van der Waals surface area contributed by atoms with Crippen LogP contribution >= 0.6 is 0 Å². The first kappa shape index (κ1) is 22.0. The molecule has 31 heavy (non-hydrogen) atoms. The highest BCUT2D eigenvalue weighted by molar-refractivity contribution is 5.76. The number of allylic oxidation sites excluding steroid dienone is 2. The fourth-order valence-corrected chi connectivity index (χ4v) is 10.4. The van der Waals surface area contributed by atoms with Gasteiger partial charge in [0.2, 0.25) is 0 Å². The molecule has 0 bridgehead atoms. The Hall–Kier alpha value is -0.830. The minimum atomic E-state index is -0.537. The summed E-state index contributed by atoms with van der Waals surface area (Å²) >= 11 is 0. The highest BCUT2D eigenvalue weighted by atomic mass is 16.4. The third-order valence-electron chi connectivity index (χ3n) is 12.4. The van der Waals surface area contributed by atoms with E-state index in [4.69, 9.17) is 0 Å². The molecule has 0 saturated heterocycles. The van der Waals surface area contributed by atoms with Crippen molar-refractivity contribution in [3.63, 3.8) is 0 Å². The van der Waals surface area contributed by atoms with Crippen LogP contribution in [0.25, 0.3) is 0 Å². The molecule has 0 aromatic heterocycles. The van der Waals surface area contributed by atoms with Gasteiger partial charge in [-0.15, -0.1) is 0 Å². The maximum atomic E-state index is 12.7. The van der Waals surface area contributed by atoms with Crippen molar-refractivity contribution in [2.75, 3.05) is 0 Å². The number of carboxylic acids is 1. The van der Waals surface area contributed by atoms with E-state index in [1.807, 2.05) is 0 Å². The van der Waals surface area contributed by atoms with Crippen LogP contribution < -0.4 is 0 Å². The van der Waals surface area contributed by atoms with E-state index in [0.29, 0.717) is 23.7 Å². The summed E-state index contributed by atoms with van der Waals surface area (Å²) in [7, 11) is 0. The van der Waals surface area contributed by atoms with E-state index in [2.05, 4.69) is 40.7 Å². The van der Waals surface area contributed by atoms with Crippen molar-refractivity contribution in [1.29, 1.82) is 0 Å². The number of aliphatic hydroxyl groups is 1. The summed E-state index contributed by atoms with van der Waals surface area (Å²) in [5, 5.41) is 21.0. The average Bonchev–Trinajstić information content (AvgIpc) is 2.71. The molecule has 0 amide bonds. The lowest BCUT2D eigenvalue weighted by Crippen LogP contribution is -2.63. The Morgan fingerprint density at radius 3 is 2.45 bits per heavy atom. The van der Waals surface area contributed by atoms with Crippen LogP contribution in [-0.2, 0) is 4.79 Å². The van der Waals surface area contributed by atoms with Crippen molar-refractivity contribution in [2.24, 2.45) is 51.2 Å². The fourth-order valence-electron chi connectivity index (χ4n) is 10.4. The summed E-state index contributed by atoms with van der Waals surface area (Å²) in [5.41, 5.74) is 1.62. The summed E-state index contributed by atoms with van der Waals surface area (Å²) < 4.78 is 0. The quantitative estimate of drug-likeness (QED) is 0.472. The monoisotopic (exact) mass is 428 g/mol. The zero-order chi connectivity index (χ0) is 22.4. The Balaban J connectivity index is 1.60. The van der Waals surface area contributed by atoms with Crippen LogP contribution in [0.15, 0.2) is 11.6 Å². The molecule has 174 valence electrons. The molecule has 0 aromatic carbocycles. The number of hydrogen-bond donors (Lipinski definition) is 2. The molecular formula is C28H44O3. The Labute approximate surface area is 189 Å². The first-order valence-corrected chi connectivity index (χ1v) is 13.1. The summed E-state index contributed by atoms with van der Waals surface area (Å²) in [4.78, 5) is 12.7. The van der Waals surface area contributed by atoms with Gasteiger partial charge in [0.25, 0.3) is 0 Å². The normalized spacial score (nSPS) is 56.4. The van der Waals surface area contributed by atoms with Crippen molar-refractivity contribution in [3.05, 3.63) is 11.6 Å². The first-order valence-electron chi connectivity index (χ1n) is 13.1. The van der Waals surface area contributed by atoms with Crippen molar-refractivity contribution in [2.45, 2.75) is 105 Å². The van der Waals surface area contributed by atoms with Gasteiger partial charge in [0.15, 0.2) is 0 Å². The minimum Gasteiger partial charge on any atom is -0.481 e. The maximum Gasteiger partial charge on any atom is 0.310 e. The zero-order valence-corrected chi connectivity index (χ0v) is 20.4. The van der Waals surface area contributed by atoms with Crippen molar-refractivity contribution < 1.29 is 15.0 Å². The van der Waals surface area contributed by atoms with Gasteiger partial charge in [0, 0.05) is 0 Å². The zero-order valence-electron chi connectivity index (χ0n) is 20.4. The van der Waals surface area contributed by atoms with E-state index in [1.165, 1.54) is 24.8 Å². The van der Waals surface area contributed by atoms with Crippen molar-refractivity contribution >= 4 is 5.97 Å². The van der Waals surface area contributed by atoms with E-state index < -0.39 is 11.4 Å². The smallest absolute Gasteiger partial charge is 0.310 e. The fraction of sp³-hybridized carbons (Fsp3) is 0.893. The topological polar surface area (TPSA) is 57.5 Å². The predicted molar refractivity (Wildman–Crippen MR) is 123 cm³/mol.